The highest BCUT2D eigenvalue weighted by Crippen LogP contribution is 2.14. The van der Waals surface area contributed by atoms with E-state index < -0.39 is 0 Å². The van der Waals surface area contributed by atoms with E-state index in [-0.39, 0.29) is 5.91 Å². The molecule has 0 aliphatic heterocycles. The Balaban J connectivity index is 1.81. The Labute approximate surface area is 117 Å². The molecule has 0 bridgehead atoms. The summed E-state index contributed by atoms with van der Waals surface area (Å²) in [5.74, 6) is 0.767. The second-order valence-corrected chi connectivity index (χ2v) is 4.73. The lowest BCUT2D eigenvalue weighted by atomic mass is 10.1. The van der Waals surface area contributed by atoms with Crippen molar-refractivity contribution in [3.8, 4) is 0 Å². The van der Waals surface area contributed by atoms with Gasteiger partial charge in [-0.25, -0.2) is 9.97 Å². The van der Waals surface area contributed by atoms with E-state index >= 15 is 0 Å². The van der Waals surface area contributed by atoms with Gasteiger partial charge in [-0.2, -0.15) is 0 Å². The molecule has 20 heavy (non-hydrogen) atoms. The van der Waals surface area contributed by atoms with Gasteiger partial charge >= 0.3 is 0 Å². The zero-order valence-corrected chi connectivity index (χ0v) is 11.9. The molecule has 2 aromatic heterocycles. The molecule has 1 amide bonds. The zero-order valence-electron chi connectivity index (χ0n) is 11.9. The number of carbonyl (C=O) groups excluding carboxylic acids is 1. The highest BCUT2D eigenvalue weighted by molar-refractivity contribution is 5.76. The van der Waals surface area contributed by atoms with E-state index in [9.17, 15) is 4.79 Å². The average Bonchev–Trinajstić information content (AvgIpc) is 2.74. The van der Waals surface area contributed by atoms with Crippen LogP contribution in [-0.2, 0) is 17.8 Å². The third-order valence-corrected chi connectivity index (χ3v) is 3.11. The van der Waals surface area contributed by atoms with Crippen molar-refractivity contribution in [3.63, 3.8) is 0 Å². The quantitative estimate of drug-likeness (QED) is 0.896. The first kappa shape index (κ1) is 14.2. The molecule has 0 spiro atoms. The summed E-state index contributed by atoms with van der Waals surface area (Å²) in [6, 6.07) is 1.86. The zero-order chi connectivity index (χ0) is 14.5. The fourth-order valence-corrected chi connectivity index (χ4v) is 1.98. The topological polar surface area (TPSA) is 80.9 Å². The van der Waals surface area contributed by atoms with Gasteiger partial charge in [0.2, 0.25) is 5.91 Å². The van der Waals surface area contributed by atoms with E-state index in [4.69, 9.17) is 4.52 Å². The van der Waals surface area contributed by atoms with E-state index in [0.717, 1.165) is 28.4 Å². The summed E-state index contributed by atoms with van der Waals surface area (Å²) < 4.78 is 5.07. The van der Waals surface area contributed by atoms with Crippen LogP contribution in [-0.4, -0.2) is 21.0 Å². The van der Waals surface area contributed by atoms with E-state index in [2.05, 4.69) is 20.4 Å². The van der Waals surface area contributed by atoms with Crippen LogP contribution < -0.4 is 5.32 Å². The Morgan fingerprint density at radius 1 is 1.30 bits per heavy atom. The maximum absolute atomic E-state index is 11.8. The van der Waals surface area contributed by atoms with Gasteiger partial charge in [-0.1, -0.05) is 5.16 Å². The smallest absolute Gasteiger partial charge is 0.220 e. The summed E-state index contributed by atoms with van der Waals surface area (Å²) in [7, 11) is 0. The number of aryl methyl sites for hydroxylation is 3. The highest BCUT2D eigenvalue weighted by Gasteiger charge is 2.11. The number of hydrogen-bond acceptors (Lipinski definition) is 5. The summed E-state index contributed by atoms with van der Waals surface area (Å²) in [6.45, 7) is 6.05. The van der Waals surface area contributed by atoms with Crippen LogP contribution in [0.1, 0.15) is 34.8 Å². The molecule has 6 heteroatoms. The third kappa shape index (κ3) is 3.63. The number of amides is 1. The Kier molecular flexibility index (Phi) is 4.45. The molecular weight excluding hydrogens is 256 g/mol. The SMILES string of the molecule is Cc1cc(CNC(=O)CCc2c(C)noc2C)ncn1. The largest absolute Gasteiger partial charge is 0.361 e. The number of carbonyl (C=O) groups is 1. The molecule has 106 valence electrons. The van der Waals surface area contributed by atoms with E-state index in [1.807, 2.05) is 26.8 Å². The molecule has 0 fully saturated rings. The molecule has 0 saturated carbocycles. The van der Waals surface area contributed by atoms with Gasteiger partial charge in [0, 0.05) is 17.7 Å². The van der Waals surface area contributed by atoms with Gasteiger partial charge in [-0.15, -0.1) is 0 Å². The second-order valence-electron chi connectivity index (χ2n) is 4.73. The number of nitrogens with one attached hydrogen (secondary N) is 1. The molecule has 0 aliphatic rings. The fraction of sp³-hybridized carbons (Fsp3) is 0.429. The Bertz CT molecular complexity index is 587. The summed E-state index contributed by atoms with van der Waals surface area (Å²) >= 11 is 0. The minimum Gasteiger partial charge on any atom is -0.361 e. The Hall–Kier alpha value is -2.24. The monoisotopic (exact) mass is 274 g/mol. The first-order valence-corrected chi connectivity index (χ1v) is 6.52. The van der Waals surface area contributed by atoms with Gasteiger partial charge < -0.3 is 9.84 Å². The lowest BCUT2D eigenvalue weighted by molar-refractivity contribution is -0.121. The van der Waals surface area contributed by atoms with Crippen molar-refractivity contribution in [1.29, 1.82) is 0 Å². The van der Waals surface area contributed by atoms with Crippen LogP contribution in [0.4, 0.5) is 0 Å². The van der Waals surface area contributed by atoms with Gasteiger partial charge in [0.15, 0.2) is 0 Å². The maximum atomic E-state index is 11.8. The van der Waals surface area contributed by atoms with Crippen LogP contribution in [0.25, 0.3) is 0 Å². The van der Waals surface area contributed by atoms with Crippen LogP contribution >= 0.6 is 0 Å². The summed E-state index contributed by atoms with van der Waals surface area (Å²) in [5.41, 5.74) is 3.56. The maximum Gasteiger partial charge on any atom is 0.220 e. The molecule has 0 radical (unpaired) electrons. The lowest BCUT2D eigenvalue weighted by Crippen LogP contribution is -2.23. The number of nitrogens with zero attached hydrogens (tertiary/aromatic N) is 3. The van der Waals surface area contributed by atoms with Crippen LogP contribution in [0.2, 0.25) is 0 Å². The predicted octanol–water partition coefficient (Wildman–Crippen LogP) is 1.64. The van der Waals surface area contributed by atoms with Gasteiger partial charge in [0.25, 0.3) is 0 Å². The third-order valence-electron chi connectivity index (χ3n) is 3.11. The van der Waals surface area contributed by atoms with Crippen molar-refractivity contribution in [2.75, 3.05) is 0 Å². The predicted molar refractivity (Wildman–Crippen MR) is 72.9 cm³/mol. The highest BCUT2D eigenvalue weighted by atomic mass is 16.5. The molecule has 0 saturated heterocycles. The summed E-state index contributed by atoms with van der Waals surface area (Å²) in [6.07, 6.45) is 2.55. The molecule has 2 rings (SSSR count). The molecule has 2 aromatic rings. The summed E-state index contributed by atoms with van der Waals surface area (Å²) in [4.78, 5) is 19.9. The fourth-order valence-electron chi connectivity index (χ4n) is 1.98. The molecular formula is C14H18N4O2. The van der Waals surface area contributed by atoms with Gasteiger partial charge in [-0.3, -0.25) is 4.79 Å². The van der Waals surface area contributed by atoms with Crippen molar-refractivity contribution in [3.05, 3.63) is 40.8 Å². The minimum absolute atomic E-state index is 0.0127. The molecule has 0 atom stereocenters. The second kappa shape index (κ2) is 6.27. The Morgan fingerprint density at radius 2 is 2.10 bits per heavy atom. The standard InChI is InChI=1S/C14H18N4O2/c1-9-6-12(17-8-16-9)7-15-14(19)5-4-13-10(2)18-20-11(13)3/h6,8H,4-5,7H2,1-3H3,(H,15,19). The Morgan fingerprint density at radius 3 is 2.75 bits per heavy atom. The molecule has 0 unspecified atom stereocenters. The minimum atomic E-state index is -0.0127. The van der Waals surface area contributed by atoms with Crippen LogP contribution in [0.15, 0.2) is 16.9 Å². The molecule has 0 aliphatic carbocycles. The molecule has 1 N–H and O–H groups in total. The van der Waals surface area contributed by atoms with Crippen LogP contribution in [0, 0.1) is 20.8 Å². The number of rotatable bonds is 5. The molecule has 0 aromatic carbocycles. The van der Waals surface area contributed by atoms with Crippen LogP contribution in [0.5, 0.6) is 0 Å². The van der Waals surface area contributed by atoms with Crippen molar-refractivity contribution in [1.82, 2.24) is 20.4 Å². The van der Waals surface area contributed by atoms with E-state index in [0.29, 0.717) is 19.4 Å². The number of aromatic nitrogens is 3. The van der Waals surface area contributed by atoms with E-state index in [1.165, 1.54) is 6.33 Å². The van der Waals surface area contributed by atoms with Crippen molar-refractivity contribution in [2.24, 2.45) is 0 Å². The van der Waals surface area contributed by atoms with Crippen LogP contribution in [0.3, 0.4) is 0 Å². The first-order valence-electron chi connectivity index (χ1n) is 6.52. The molecule has 6 nitrogen and oxygen atoms in total. The summed E-state index contributed by atoms with van der Waals surface area (Å²) in [5, 5.41) is 6.72. The van der Waals surface area contributed by atoms with E-state index in [1.54, 1.807) is 0 Å². The molecule has 2 heterocycles. The normalized spacial score (nSPS) is 10.6. The van der Waals surface area contributed by atoms with Crippen molar-refractivity contribution in [2.45, 2.75) is 40.2 Å². The number of hydrogen-bond donors (Lipinski definition) is 1. The van der Waals surface area contributed by atoms with Gasteiger partial charge in [0.05, 0.1) is 17.9 Å². The van der Waals surface area contributed by atoms with Crippen molar-refractivity contribution < 1.29 is 9.32 Å². The van der Waals surface area contributed by atoms with Gasteiger partial charge in [-0.05, 0) is 33.3 Å². The average molecular weight is 274 g/mol. The lowest BCUT2D eigenvalue weighted by Gasteiger charge is -2.05. The first-order chi connectivity index (χ1) is 9.56. The van der Waals surface area contributed by atoms with Gasteiger partial charge in [0.1, 0.15) is 12.1 Å². The van der Waals surface area contributed by atoms with Crippen molar-refractivity contribution >= 4 is 5.91 Å².